The highest BCUT2D eigenvalue weighted by atomic mass is 79.9. The van der Waals surface area contributed by atoms with Crippen LogP contribution in [0.3, 0.4) is 0 Å². The highest BCUT2D eigenvalue weighted by molar-refractivity contribution is 9.10. The van der Waals surface area contributed by atoms with Gasteiger partial charge >= 0.3 is 31.0 Å². The average Bonchev–Trinajstić information content (AvgIpc) is 1.74. The van der Waals surface area contributed by atoms with Gasteiger partial charge < -0.3 is 77.8 Å². The number of aromatic carboxylic acids is 1. The van der Waals surface area contributed by atoms with Crippen LogP contribution < -0.4 is 29.1 Å². The molecule has 15 rings (SSSR count). The summed E-state index contributed by atoms with van der Waals surface area (Å²) in [6.07, 6.45) is 9.25. The second kappa shape index (κ2) is 54.3. The van der Waals surface area contributed by atoms with Gasteiger partial charge in [0.05, 0.1) is 139 Å². The number of methoxy groups -OCH3 is 7. The Labute approximate surface area is 796 Å². The Morgan fingerprint density at radius 1 is 0.364 bits per heavy atom. The van der Waals surface area contributed by atoms with Crippen LogP contribution in [0.2, 0.25) is 50.6 Å². The number of hydrogen-bond donors (Lipinski definition) is 6. The van der Waals surface area contributed by atoms with Crippen molar-refractivity contribution in [1.29, 1.82) is 0 Å². The van der Waals surface area contributed by atoms with E-state index in [1.807, 2.05) is 24.3 Å². The molecule has 32 nitrogen and oxygen atoms in total. The van der Waals surface area contributed by atoms with Crippen LogP contribution in [0.5, 0.6) is 40.2 Å². The van der Waals surface area contributed by atoms with Gasteiger partial charge in [-0.2, -0.15) is 0 Å². The largest absolute Gasteiger partial charge is 0.506 e. The molecule has 2 unspecified atom stereocenters. The zero-order valence-electron chi connectivity index (χ0n) is 68.5. The summed E-state index contributed by atoms with van der Waals surface area (Å²) >= 11 is 60.8. The number of ether oxygens (including phenoxy) is 10. The standard InChI is InChI=1S/C16H15ClN2O4.C13H11ClN2O3.C12H9ClN2O3.C11H8Cl2N2O.C11H7ClN2O3.C7H8BClO3.C7H6BrClO.C4H2Cl2N2.C4H8O2/c1-21-16(20)14-7-13(18-9-19-14)10-2-3-12(17)15(6-10)23-11-4-5-22-8-11;1-18-12-5-8(3-4-9(12)14)10-6-11(13(17)19-2)16-7-15-10;1-18-12(17)10-5-9(14-6-15-10)7-2-3-8(13)11(16)4-7;1-16-10-4-7(2-3-8(10)12)9-5-11(13)15-6-14-9;12-7-2-1-6(3-10(7)15)8-4-9(11(16)17)14-5-13-8;1-12-7-4-5(8(10)11)2-3-6(7)9;1-10-7-4-5(8)2-3-6(7)9;5-3-1-4(6)8-2-7-3;5-4-1-2-6-3-4/h2-3,6-7,9,11H,4-5,8H2,1H3;3-7H,1-2H3;2-6,16H,1H3;2-6H,1H3;1-5,15H,(H,16,17);2-4,10-11H,1H3;2-4H,1H3;1-2H;4-5H,1-3H2. The van der Waals surface area contributed by atoms with Crippen molar-refractivity contribution in [3.8, 4) is 96.5 Å². The molecule has 129 heavy (non-hydrogen) atoms. The number of carboxylic acids is 1. The Morgan fingerprint density at radius 2 is 0.682 bits per heavy atom. The van der Waals surface area contributed by atoms with Gasteiger partial charge in [0.1, 0.15) is 99.8 Å². The molecule has 2 saturated heterocycles. The van der Waals surface area contributed by atoms with Crippen LogP contribution in [0.15, 0.2) is 206 Å². The number of phenols is 2. The number of aliphatic hydroxyl groups is 1. The Hall–Kier alpha value is -11.3. The Bertz CT molecular complexity index is 5900. The third-order valence-electron chi connectivity index (χ3n) is 16.6. The number of aromatic nitrogens is 12. The summed E-state index contributed by atoms with van der Waals surface area (Å²) in [5, 5.41) is 58.2. The molecule has 0 aliphatic carbocycles. The van der Waals surface area contributed by atoms with Crippen LogP contribution in [0.25, 0.3) is 56.3 Å². The molecule has 8 heterocycles. The average molecular weight is 2030 g/mol. The lowest BCUT2D eigenvalue weighted by Gasteiger charge is -2.14. The molecule has 6 N–H and O–H groups in total. The molecule has 2 aliphatic rings. The number of rotatable bonds is 16. The van der Waals surface area contributed by atoms with Crippen LogP contribution in [-0.4, -0.2) is 210 Å². The molecular weight excluding hydrogens is 1950 g/mol. The number of halogens is 11. The van der Waals surface area contributed by atoms with Gasteiger partial charge in [0.25, 0.3) is 0 Å². The Morgan fingerprint density at radius 3 is 1.01 bits per heavy atom. The van der Waals surface area contributed by atoms with Gasteiger partial charge in [0.2, 0.25) is 0 Å². The predicted molar refractivity (Wildman–Crippen MR) is 492 cm³/mol. The van der Waals surface area contributed by atoms with Gasteiger partial charge in [-0.05, 0) is 127 Å². The van der Waals surface area contributed by atoms with Crippen molar-refractivity contribution in [2.75, 3.05) is 76.2 Å². The van der Waals surface area contributed by atoms with Crippen LogP contribution in [0.4, 0.5) is 0 Å². The van der Waals surface area contributed by atoms with E-state index in [0.29, 0.717) is 129 Å². The number of aromatic hydroxyl groups is 2. The van der Waals surface area contributed by atoms with E-state index >= 15 is 0 Å². The van der Waals surface area contributed by atoms with Crippen molar-refractivity contribution in [2.45, 2.75) is 25.0 Å². The third-order valence-corrected chi connectivity index (χ3v) is 19.9. The molecular formula is C85H74BBrCl10N12O20. The number of benzene rings is 7. The molecule has 44 heteroatoms. The van der Waals surface area contributed by atoms with Crippen LogP contribution in [0, 0.1) is 0 Å². The van der Waals surface area contributed by atoms with E-state index in [1.54, 1.807) is 105 Å². The number of carbonyl (C=O) groups excluding carboxylic acids is 3. The molecule has 13 aromatic rings. The van der Waals surface area contributed by atoms with E-state index < -0.39 is 31.0 Å². The monoisotopic (exact) mass is 2020 g/mol. The van der Waals surface area contributed by atoms with Crippen molar-refractivity contribution in [2.24, 2.45) is 0 Å². The first-order valence-electron chi connectivity index (χ1n) is 36.8. The Balaban J connectivity index is 0.000000203. The molecule has 2 atom stereocenters. The van der Waals surface area contributed by atoms with Crippen molar-refractivity contribution < 1.29 is 97.0 Å². The number of hydrogen-bond acceptors (Lipinski definition) is 31. The number of nitrogens with zero attached hydrogens (tertiary/aromatic N) is 12. The first kappa shape index (κ1) is 105. The van der Waals surface area contributed by atoms with Crippen molar-refractivity contribution >= 4 is 168 Å². The van der Waals surface area contributed by atoms with Gasteiger partial charge in [-0.3, -0.25) is 0 Å². The quantitative estimate of drug-likeness (QED) is 0.0226. The lowest BCUT2D eigenvalue weighted by Crippen LogP contribution is -2.29. The zero-order chi connectivity index (χ0) is 94.2. The summed E-state index contributed by atoms with van der Waals surface area (Å²) < 4.78 is 50.9. The molecule has 6 aromatic heterocycles. The molecule has 674 valence electrons. The number of carbonyl (C=O) groups is 4. The SMILES string of the molecule is COC(=O)c1cc(-c2ccc(Cl)c(O)c2)ncn1.COC(=O)c1cc(-c2ccc(Cl)c(OC)c2)ncn1.COC(=O)c1cc(-c2ccc(Cl)c(OC3CCOC3)c2)ncn1.COc1cc(-c2cc(Cl)ncn2)ccc1Cl.COc1cc(B(O)O)ccc1Cl.COc1cc(Br)ccc1Cl.Clc1cc(Cl)ncn1.O=C(O)c1cc(-c2ccc(Cl)c(O)c2)ncn1.OC1CCOC1. The predicted octanol–water partition coefficient (Wildman–Crippen LogP) is 18.0. The van der Waals surface area contributed by atoms with Crippen molar-refractivity contribution in [3.05, 3.63) is 280 Å². The van der Waals surface area contributed by atoms with E-state index in [4.69, 9.17) is 169 Å². The van der Waals surface area contributed by atoms with E-state index in [9.17, 15) is 29.4 Å². The first-order valence-corrected chi connectivity index (χ1v) is 41.4. The smallest absolute Gasteiger partial charge is 0.488 e. The zero-order valence-corrected chi connectivity index (χ0v) is 77.6. The maximum absolute atomic E-state index is 11.6. The van der Waals surface area contributed by atoms with E-state index in [0.717, 1.165) is 52.6 Å². The normalized spacial score (nSPS) is 12.3. The summed E-state index contributed by atoms with van der Waals surface area (Å²) in [5.74, 6) is 0.00463. The lowest BCUT2D eigenvalue weighted by molar-refractivity contribution is 0.0585. The van der Waals surface area contributed by atoms with Crippen molar-refractivity contribution in [3.63, 3.8) is 0 Å². The second-order valence-electron chi connectivity index (χ2n) is 25.2. The minimum absolute atomic E-state index is 0.00113. The summed E-state index contributed by atoms with van der Waals surface area (Å²) in [4.78, 5) is 91.7. The minimum atomic E-state index is -1.49. The van der Waals surface area contributed by atoms with Crippen LogP contribution in [0.1, 0.15) is 54.8 Å². The summed E-state index contributed by atoms with van der Waals surface area (Å²) in [6.45, 7) is 2.53. The van der Waals surface area contributed by atoms with Crippen LogP contribution >= 0.6 is 132 Å². The topological polar surface area (TPSA) is 437 Å². The lowest BCUT2D eigenvalue weighted by atomic mass is 9.80. The number of phenolic OH excluding ortho intramolecular Hbond substituents is 2. The minimum Gasteiger partial charge on any atom is -0.506 e. The second-order valence-corrected chi connectivity index (χ2v) is 30.1. The molecule has 0 amide bonds. The fourth-order valence-electron chi connectivity index (χ4n) is 10.1. The highest BCUT2D eigenvalue weighted by Gasteiger charge is 2.22. The maximum atomic E-state index is 11.6. The molecule has 0 spiro atoms. The van der Waals surface area contributed by atoms with Gasteiger partial charge in [-0.15, -0.1) is 0 Å². The molecule has 0 radical (unpaired) electrons. The first-order chi connectivity index (χ1) is 61.8. The number of carboxylic acid groups (broad SMARTS) is 1. The molecule has 0 saturated carbocycles. The van der Waals surface area contributed by atoms with E-state index in [-0.39, 0.29) is 56.5 Å². The third kappa shape index (κ3) is 34.3. The molecule has 7 aromatic carbocycles. The fraction of sp³-hybridized carbons (Fsp3) is 0.176. The summed E-state index contributed by atoms with van der Waals surface area (Å²) in [7, 11) is 8.55. The van der Waals surface area contributed by atoms with Gasteiger partial charge in [0, 0.05) is 57.5 Å². The number of aliphatic hydroxyl groups excluding tert-OH is 1. The number of esters is 3. The van der Waals surface area contributed by atoms with Gasteiger partial charge in [-0.25, -0.2) is 79.0 Å². The summed E-state index contributed by atoms with van der Waals surface area (Å²) in [6, 6.07) is 44.3. The van der Waals surface area contributed by atoms with Gasteiger partial charge in [0.15, 0.2) is 22.8 Å². The fourth-order valence-corrected chi connectivity index (χ4v) is 12.2. The van der Waals surface area contributed by atoms with Gasteiger partial charge in [-0.1, -0.05) is 168 Å². The van der Waals surface area contributed by atoms with E-state index in [1.165, 1.54) is 116 Å². The molecule has 2 aliphatic heterocycles. The Kier molecular flexibility index (Phi) is 44.1. The highest BCUT2D eigenvalue weighted by Crippen LogP contribution is 2.36. The molecule has 0 bridgehead atoms. The van der Waals surface area contributed by atoms with E-state index in [2.05, 4.69) is 89.9 Å². The maximum Gasteiger partial charge on any atom is 0.488 e. The van der Waals surface area contributed by atoms with Crippen molar-refractivity contribution in [1.82, 2.24) is 59.8 Å². The molecule has 2 fully saturated rings. The summed E-state index contributed by atoms with van der Waals surface area (Å²) in [5.41, 5.74) is 7.22. The van der Waals surface area contributed by atoms with Crippen LogP contribution in [-0.2, 0) is 23.7 Å².